The third kappa shape index (κ3) is 4.22. The van der Waals surface area contributed by atoms with Crippen LogP contribution in [-0.4, -0.2) is 25.3 Å². The fraction of sp³-hybridized carbons (Fsp3) is 0.292. The number of hydrogen-bond donors (Lipinski definition) is 2. The Hall–Kier alpha value is -3.48. The summed E-state index contributed by atoms with van der Waals surface area (Å²) in [6.07, 6.45) is 8.86. The summed E-state index contributed by atoms with van der Waals surface area (Å²) in [5.41, 5.74) is 3.73. The zero-order valence-electron chi connectivity index (χ0n) is 18.0. The van der Waals surface area contributed by atoms with E-state index in [-0.39, 0.29) is 17.7 Å². The van der Waals surface area contributed by atoms with Crippen LogP contribution in [-0.2, 0) is 11.3 Å². The second kappa shape index (κ2) is 8.38. The lowest BCUT2D eigenvalue weighted by molar-refractivity contribution is -0.117. The van der Waals surface area contributed by atoms with Gasteiger partial charge in [-0.05, 0) is 48.8 Å². The highest BCUT2D eigenvalue weighted by molar-refractivity contribution is 7.16. The molecule has 2 aliphatic carbocycles. The molecule has 2 N–H and O–H groups in total. The van der Waals surface area contributed by atoms with Gasteiger partial charge in [0.25, 0.3) is 0 Å². The van der Waals surface area contributed by atoms with Crippen molar-refractivity contribution in [1.82, 2.24) is 19.4 Å². The van der Waals surface area contributed by atoms with Gasteiger partial charge in [-0.1, -0.05) is 17.7 Å². The van der Waals surface area contributed by atoms with E-state index in [1.807, 2.05) is 6.20 Å². The third-order valence-electron chi connectivity index (χ3n) is 6.24. The lowest BCUT2D eigenvalue weighted by atomic mass is 10.2. The summed E-state index contributed by atoms with van der Waals surface area (Å²) in [5, 5.41) is 6.13. The summed E-state index contributed by atoms with van der Waals surface area (Å²) in [4.78, 5) is 30.2. The number of carbonyl (C=O) groups excluding carboxylic acids is 1. The summed E-state index contributed by atoms with van der Waals surface area (Å²) >= 11 is 7.43. The number of amides is 1. The molecule has 1 amide bonds. The third-order valence-corrected chi connectivity index (χ3v) is 7.62. The summed E-state index contributed by atoms with van der Waals surface area (Å²) in [5.74, 6) is 1.49. The van der Waals surface area contributed by atoms with Crippen molar-refractivity contribution in [3.8, 4) is 0 Å². The van der Waals surface area contributed by atoms with Crippen LogP contribution in [0.4, 0.5) is 17.3 Å². The molecule has 2 fully saturated rings. The van der Waals surface area contributed by atoms with Crippen molar-refractivity contribution in [2.45, 2.75) is 37.6 Å². The van der Waals surface area contributed by atoms with Crippen molar-refractivity contribution < 1.29 is 4.79 Å². The molecule has 0 spiro atoms. The number of imidazole rings is 1. The highest BCUT2D eigenvalue weighted by Gasteiger charge is 2.46. The van der Waals surface area contributed by atoms with Gasteiger partial charge in [0.1, 0.15) is 23.6 Å². The van der Waals surface area contributed by atoms with Crippen molar-refractivity contribution in [2.75, 3.05) is 10.6 Å². The highest BCUT2D eigenvalue weighted by Crippen LogP contribution is 2.54. The molecular weight excluding hydrogens is 470 g/mol. The van der Waals surface area contributed by atoms with Crippen LogP contribution in [0, 0.1) is 12.5 Å². The number of pyridine rings is 1. The average molecular weight is 490 g/mol. The highest BCUT2D eigenvalue weighted by atomic mass is 35.5. The van der Waals surface area contributed by atoms with Crippen LogP contribution in [0.1, 0.15) is 47.2 Å². The fourth-order valence-corrected chi connectivity index (χ4v) is 5.57. The quantitative estimate of drug-likeness (QED) is 0.329. The molecule has 4 heterocycles. The van der Waals surface area contributed by atoms with E-state index in [1.54, 1.807) is 12.1 Å². The van der Waals surface area contributed by atoms with E-state index >= 15 is 0 Å². The topological polar surface area (TPSA) is 88.6 Å². The number of halogens is 1. The molecule has 2 atom stereocenters. The predicted molar refractivity (Wildman–Crippen MR) is 132 cm³/mol. The molecule has 2 aliphatic rings. The Morgan fingerprint density at radius 3 is 2.91 bits per heavy atom. The van der Waals surface area contributed by atoms with Crippen LogP contribution in [0.15, 0.2) is 43.0 Å². The molecule has 4 aromatic rings. The molecule has 0 bridgehead atoms. The van der Waals surface area contributed by atoms with Crippen molar-refractivity contribution in [1.29, 1.82) is 0 Å². The fourth-order valence-electron chi connectivity index (χ4n) is 4.22. The Kier molecular flexibility index (Phi) is 5.20. The van der Waals surface area contributed by atoms with Crippen molar-refractivity contribution in [2.24, 2.45) is 5.92 Å². The van der Waals surface area contributed by atoms with E-state index in [0.717, 1.165) is 16.2 Å². The number of anilines is 2. The van der Waals surface area contributed by atoms with Crippen LogP contribution in [0.3, 0.4) is 0 Å². The first-order valence-corrected chi connectivity index (χ1v) is 12.3. The average Bonchev–Trinajstić information content (AvgIpc) is 3.76. The largest absolute Gasteiger partial charge is 0.364 e. The molecule has 0 radical (unpaired) electrons. The van der Waals surface area contributed by atoms with Crippen molar-refractivity contribution in [3.63, 3.8) is 0 Å². The standard InChI is InChI=1S/C24H20ClN7OS/c1-26-18-7-19(25)34-23(18)16-6-17(16)24(33)31-21-8-20(28-12-29-21)27-9-15-11-32-10-14(13-2-3-13)4-5-22(32)30-15/h4-5,7-8,10-13,16-17H,2-3,6,9H2,(H2,27,28,29,31,33)/t16-,17-/m0/s1. The lowest BCUT2D eigenvalue weighted by Crippen LogP contribution is -2.16. The first kappa shape index (κ1) is 21.1. The molecule has 10 heteroatoms. The van der Waals surface area contributed by atoms with Gasteiger partial charge in [0.15, 0.2) is 0 Å². The Labute approximate surface area is 204 Å². The van der Waals surface area contributed by atoms with E-state index in [2.05, 4.69) is 53.2 Å². The number of thiophene rings is 1. The van der Waals surface area contributed by atoms with Crippen LogP contribution < -0.4 is 10.6 Å². The number of nitrogens with zero attached hydrogens (tertiary/aromatic N) is 5. The Balaban J connectivity index is 1.08. The van der Waals surface area contributed by atoms with Gasteiger partial charge in [0.2, 0.25) is 11.6 Å². The van der Waals surface area contributed by atoms with Crippen LogP contribution in [0.25, 0.3) is 10.5 Å². The Morgan fingerprint density at radius 2 is 2.09 bits per heavy atom. The molecule has 2 saturated carbocycles. The number of fused-ring (bicyclic) bond motifs is 1. The molecule has 34 heavy (non-hydrogen) atoms. The lowest BCUT2D eigenvalue weighted by Gasteiger charge is -2.07. The number of hydrogen-bond acceptors (Lipinski definition) is 6. The van der Waals surface area contributed by atoms with Crippen LogP contribution in [0.5, 0.6) is 0 Å². The Bertz CT molecular complexity index is 1450. The van der Waals surface area contributed by atoms with Crippen LogP contribution in [0.2, 0.25) is 4.34 Å². The summed E-state index contributed by atoms with van der Waals surface area (Å²) in [6, 6.07) is 7.60. The number of nitrogens with one attached hydrogen (secondary N) is 2. The normalized spacial score (nSPS) is 19.1. The number of aromatic nitrogens is 4. The molecule has 170 valence electrons. The van der Waals surface area contributed by atoms with Gasteiger partial charge in [-0.25, -0.2) is 19.8 Å². The summed E-state index contributed by atoms with van der Waals surface area (Å²) < 4.78 is 2.65. The molecule has 0 saturated heterocycles. The van der Waals surface area contributed by atoms with Crippen LogP contribution >= 0.6 is 22.9 Å². The predicted octanol–water partition coefficient (Wildman–Crippen LogP) is 5.62. The second-order valence-electron chi connectivity index (χ2n) is 8.73. The van der Waals surface area contributed by atoms with E-state index in [0.29, 0.717) is 40.5 Å². The van der Waals surface area contributed by atoms with E-state index in [1.165, 1.54) is 36.1 Å². The van der Waals surface area contributed by atoms with Gasteiger partial charge in [-0.2, -0.15) is 0 Å². The monoisotopic (exact) mass is 489 g/mol. The van der Waals surface area contributed by atoms with Gasteiger partial charge >= 0.3 is 0 Å². The maximum atomic E-state index is 12.7. The second-order valence-corrected chi connectivity index (χ2v) is 10.4. The molecule has 0 aliphatic heterocycles. The van der Waals surface area contributed by atoms with E-state index in [4.69, 9.17) is 18.2 Å². The minimum absolute atomic E-state index is 0.0384. The van der Waals surface area contributed by atoms with Gasteiger partial charge in [-0.3, -0.25) is 4.79 Å². The first-order chi connectivity index (χ1) is 16.6. The molecular formula is C24H20ClN7OS. The van der Waals surface area contributed by atoms with Crippen molar-refractivity contribution in [3.05, 3.63) is 74.9 Å². The van der Waals surface area contributed by atoms with Gasteiger partial charge in [-0.15, -0.1) is 11.3 Å². The minimum atomic E-state index is -0.180. The molecule has 6 rings (SSSR count). The number of rotatable bonds is 7. The van der Waals surface area contributed by atoms with E-state index in [9.17, 15) is 4.79 Å². The van der Waals surface area contributed by atoms with Gasteiger partial charge in [0.05, 0.1) is 23.1 Å². The SMILES string of the molecule is [C-]#[N+]c1cc(Cl)sc1[C@H]1C[C@@H]1C(=O)Nc1cc(NCc2cn3cc(C4CC4)ccc3n2)ncn1. The van der Waals surface area contributed by atoms with Crippen molar-refractivity contribution >= 4 is 51.8 Å². The van der Waals surface area contributed by atoms with Gasteiger partial charge in [0, 0.05) is 29.3 Å². The summed E-state index contributed by atoms with van der Waals surface area (Å²) in [6.45, 7) is 7.81. The molecule has 8 nitrogen and oxygen atoms in total. The first-order valence-electron chi connectivity index (χ1n) is 11.1. The molecule has 0 unspecified atom stereocenters. The summed E-state index contributed by atoms with van der Waals surface area (Å²) in [7, 11) is 0. The molecule has 0 aromatic carbocycles. The smallest absolute Gasteiger partial charge is 0.229 e. The van der Waals surface area contributed by atoms with E-state index < -0.39 is 0 Å². The number of carbonyl (C=O) groups is 1. The maximum Gasteiger partial charge on any atom is 0.229 e. The minimum Gasteiger partial charge on any atom is -0.364 e. The van der Waals surface area contributed by atoms with Gasteiger partial charge < -0.3 is 15.0 Å². The zero-order chi connectivity index (χ0) is 23.2. The zero-order valence-corrected chi connectivity index (χ0v) is 19.6. The Morgan fingerprint density at radius 1 is 1.24 bits per heavy atom. The molecule has 4 aromatic heterocycles. The maximum absolute atomic E-state index is 12.7.